The van der Waals surface area contributed by atoms with Crippen LogP contribution in [0, 0.1) is 5.82 Å². The second kappa shape index (κ2) is 11.0. The van der Waals surface area contributed by atoms with Crippen molar-refractivity contribution in [3.05, 3.63) is 112 Å². The van der Waals surface area contributed by atoms with Gasteiger partial charge in [0, 0.05) is 24.8 Å². The van der Waals surface area contributed by atoms with Crippen LogP contribution in [0.4, 0.5) is 4.39 Å². The zero-order valence-electron chi connectivity index (χ0n) is 17.7. The number of hydrogen-bond donors (Lipinski definition) is 0. The average molecular weight is 449 g/mol. The van der Waals surface area contributed by atoms with Crippen molar-refractivity contribution in [1.82, 2.24) is 9.88 Å². The van der Waals surface area contributed by atoms with E-state index >= 15 is 0 Å². The summed E-state index contributed by atoms with van der Waals surface area (Å²) in [5.41, 5.74) is 3.06. The lowest BCUT2D eigenvalue weighted by molar-refractivity contribution is -0.119. The maximum atomic E-state index is 13.1. The van der Waals surface area contributed by atoms with Gasteiger partial charge in [0.05, 0.1) is 30.1 Å². The molecule has 0 unspecified atom stereocenters. The molecule has 0 aliphatic rings. The smallest absolute Gasteiger partial charge is 0.151 e. The number of Topliss-reactive ketones (excluding diaryl/α,β-unsaturated/α-hetero) is 1. The first-order valence-corrected chi connectivity index (χ1v) is 11.5. The molecule has 0 aliphatic heterocycles. The Morgan fingerprint density at radius 1 is 0.938 bits per heavy atom. The Morgan fingerprint density at radius 3 is 2.50 bits per heavy atom. The van der Waals surface area contributed by atoms with Crippen molar-refractivity contribution in [3.8, 4) is 0 Å². The van der Waals surface area contributed by atoms with Gasteiger partial charge in [-0.15, -0.1) is 11.3 Å². The lowest BCUT2D eigenvalue weighted by Crippen LogP contribution is -2.30. The number of aromatic nitrogens is 1. The van der Waals surface area contributed by atoms with E-state index in [0.717, 1.165) is 40.4 Å². The van der Waals surface area contributed by atoms with Gasteiger partial charge in [-0.3, -0.25) is 9.69 Å². The van der Waals surface area contributed by atoms with Crippen molar-refractivity contribution in [2.75, 3.05) is 6.54 Å². The topological polar surface area (TPSA) is 46.3 Å². The summed E-state index contributed by atoms with van der Waals surface area (Å²) in [4.78, 5) is 19.5. The van der Waals surface area contributed by atoms with Crippen molar-refractivity contribution in [1.29, 1.82) is 0 Å². The molecule has 0 saturated carbocycles. The molecule has 0 spiro atoms. The number of carbonyl (C=O) groups is 1. The molecule has 0 radical (unpaired) electrons. The Bertz CT molecular complexity index is 1110. The van der Waals surface area contributed by atoms with E-state index in [9.17, 15) is 9.18 Å². The molecule has 0 aliphatic carbocycles. The normalized spacial score (nSPS) is 11.2. The number of benzene rings is 2. The standard InChI is InChI=1S/C26H25FN2O2S/c27-22-11-8-20(9-12-22)10-13-26-28-23(19-32-26)16-29(18-25-7-4-14-31-25)17-24(30)15-21-5-2-1-3-6-21/h1-9,11-12,14,19H,10,13,15-18H2. The fraction of sp³-hybridized carbons (Fsp3) is 0.231. The Balaban J connectivity index is 1.37. The minimum absolute atomic E-state index is 0.162. The van der Waals surface area contributed by atoms with Gasteiger partial charge in [-0.2, -0.15) is 0 Å². The van der Waals surface area contributed by atoms with Gasteiger partial charge in [-0.1, -0.05) is 42.5 Å². The number of furan rings is 1. The molecular formula is C26H25FN2O2S. The van der Waals surface area contributed by atoms with Crippen LogP contribution in [0.5, 0.6) is 0 Å². The molecule has 2 aromatic carbocycles. The highest BCUT2D eigenvalue weighted by atomic mass is 32.1. The van der Waals surface area contributed by atoms with Crippen molar-refractivity contribution in [3.63, 3.8) is 0 Å². The van der Waals surface area contributed by atoms with Crippen molar-refractivity contribution < 1.29 is 13.6 Å². The molecular weight excluding hydrogens is 423 g/mol. The summed E-state index contributed by atoms with van der Waals surface area (Å²) in [6, 6.07) is 20.2. The summed E-state index contributed by atoms with van der Waals surface area (Å²) >= 11 is 1.62. The molecule has 0 amide bonds. The molecule has 0 atom stereocenters. The summed E-state index contributed by atoms with van der Waals surface area (Å²) < 4.78 is 18.6. The largest absolute Gasteiger partial charge is 0.468 e. The third kappa shape index (κ3) is 6.70. The van der Waals surface area contributed by atoms with Crippen LogP contribution in [-0.2, 0) is 37.1 Å². The minimum atomic E-state index is -0.219. The first kappa shape index (κ1) is 22.1. The number of carbonyl (C=O) groups excluding carboxylic acids is 1. The van der Waals surface area contributed by atoms with E-state index in [2.05, 4.69) is 10.3 Å². The van der Waals surface area contributed by atoms with Crippen LogP contribution in [0.3, 0.4) is 0 Å². The summed E-state index contributed by atoms with van der Waals surface area (Å²) in [5.74, 6) is 0.766. The number of rotatable bonds is 11. The van der Waals surface area contributed by atoms with E-state index in [-0.39, 0.29) is 11.6 Å². The van der Waals surface area contributed by atoms with Gasteiger partial charge in [0.1, 0.15) is 11.6 Å². The number of halogens is 1. The van der Waals surface area contributed by atoms with Gasteiger partial charge in [0.15, 0.2) is 5.78 Å². The lowest BCUT2D eigenvalue weighted by atomic mass is 10.1. The van der Waals surface area contributed by atoms with Crippen LogP contribution in [-0.4, -0.2) is 22.2 Å². The number of aryl methyl sites for hydroxylation is 2. The fourth-order valence-electron chi connectivity index (χ4n) is 3.59. The molecule has 0 fully saturated rings. The SMILES string of the molecule is O=C(Cc1ccccc1)CN(Cc1csc(CCc2ccc(F)cc2)n1)Cc1ccco1. The van der Waals surface area contributed by atoms with Crippen LogP contribution >= 0.6 is 11.3 Å². The van der Waals surface area contributed by atoms with Crippen LogP contribution in [0.2, 0.25) is 0 Å². The second-order valence-electron chi connectivity index (χ2n) is 7.78. The first-order valence-electron chi connectivity index (χ1n) is 10.6. The molecule has 32 heavy (non-hydrogen) atoms. The third-order valence-corrected chi connectivity index (χ3v) is 6.09. The second-order valence-corrected chi connectivity index (χ2v) is 8.73. The van der Waals surface area contributed by atoms with E-state index in [1.54, 1.807) is 17.6 Å². The molecule has 4 nitrogen and oxygen atoms in total. The maximum absolute atomic E-state index is 13.1. The van der Waals surface area contributed by atoms with Gasteiger partial charge >= 0.3 is 0 Å². The molecule has 4 rings (SSSR count). The van der Waals surface area contributed by atoms with Crippen molar-refractivity contribution in [2.24, 2.45) is 0 Å². The Labute approximate surface area is 191 Å². The zero-order valence-corrected chi connectivity index (χ0v) is 18.6. The van der Waals surface area contributed by atoms with E-state index in [1.807, 2.05) is 54.6 Å². The summed E-state index contributed by atoms with van der Waals surface area (Å²) in [6.07, 6.45) is 3.69. The van der Waals surface area contributed by atoms with E-state index in [0.29, 0.717) is 26.1 Å². The summed E-state index contributed by atoms with van der Waals surface area (Å²) in [6.45, 7) is 1.46. The van der Waals surface area contributed by atoms with E-state index < -0.39 is 0 Å². The van der Waals surface area contributed by atoms with Crippen LogP contribution < -0.4 is 0 Å². The molecule has 164 valence electrons. The highest BCUT2D eigenvalue weighted by molar-refractivity contribution is 7.09. The predicted molar refractivity (Wildman–Crippen MR) is 124 cm³/mol. The van der Waals surface area contributed by atoms with E-state index in [4.69, 9.17) is 9.40 Å². The summed E-state index contributed by atoms with van der Waals surface area (Å²) in [5, 5.41) is 3.09. The van der Waals surface area contributed by atoms with Gasteiger partial charge in [-0.05, 0) is 41.8 Å². The number of ketones is 1. The van der Waals surface area contributed by atoms with Crippen molar-refractivity contribution >= 4 is 17.1 Å². The molecule has 0 saturated heterocycles. The fourth-order valence-corrected chi connectivity index (χ4v) is 4.38. The van der Waals surface area contributed by atoms with Crippen molar-refractivity contribution in [2.45, 2.75) is 32.4 Å². The Morgan fingerprint density at radius 2 is 1.75 bits per heavy atom. The summed E-state index contributed by atoms with van der Waals surface area (Å²) in [7, 11) is 0. The minimum Gasteiger partial charge on any atom is -0.468 e. The molecule has 0 bridgehead atoms. The Hall–Kier alpha value is -3.09. The molecule has 6 heteroatoms. The number of nitrogens with zero attached hydrogens (tertiary/aromatic N) is 2. The third-order valence-electron chi connectivity index (χ3n) is 5.13. The maximum Gasteiger partial charge on any atom is 0.151 e. The van der Waals surface area contributed by atoms with E-state index in [1.165, 1.54) is 12.1 Å². The van der Waals surface area contributed by atoms with Gasteiger partial charge in [0.2, 0.25) is 0 Å². The quantitative estimate of drug-likeness (QED) is 0.305. The zero-order chi connectivity index (χ0) is 22.2. The van der Waals surface area contributed by atoms with Gasteiger partial charge < -0.3 is 4.42 Å². The van der Waals surface area contributed by atoms with Gasteiger partial charge in [0.25, 0.3) is 0 Å². The first-order chi connectivity index (χ1) is 15.6. The predicted octanol–water partition coefficient (Wildman–Crippen LogP) is 5.47. The highest BCUT2D eigenvalue weighted by Gasteiger charge is 2.16. The number of thiazole rings is 1. The van der Waals surface area contributed by atoms with Gasteiger partial charge in [-0.25, -0.2) is 9.37 Å². The Kier molecular flexibility index (Phi) is 7.59. The monoisotopic (exact) mass is 448 g/mol. The average Bonchev–Trinajstić information content (AvgIpc) is 3.46. The highest BCUT2D eigenvalue weighted by Crippen LogP contribution is 2.17. The molecule has 0 N–H and O–H groups in total. The number of hydrogen-bond acceptors (Lipinski definition) is 5. The van der Waals surface area contributed by atoms with Crippen LogP contribution in [0.1, 0.15) is 27.6 Å². The molecule has 2 aromatic heterocycles. The molecule has 2 heterocycles. The van der Waals surface area contributed by atoms with Crippen LogP contribution in [0.15, 0.2) is 82.8 Å². The lowest BCUT2D eigenvalue weighted by Gasteiger charge is -2.19. The van der Waals surface area contributed by atoms with Crippen LogP contribution in [0.25, 0.3) is 0 Å². The molecule has 4 aromatic rings.